The number of nitrogens with one attached hydrogen (secondary N) is 1. The number of hydrogen-bond donors (Lipinski definition) is 1. The Kier molecular flexibility index (Phi) is 8.63. The predicted octanol–water partition coefficient (Wildman–Crippen LogP) is 6.15. The number of hydrogen-bond acceptors (Lipinski definition) is 5. The van der Waals surface area contributed by atoms with Crippen molar-refractivity contribution in [3.8, 4) is 0 Å². The number of benzene rings is 2. The number of rotatable bonds is 9. The fraction of sp³-hybridized carbons (Fsp3) is 0.348. The molecule has 0 radical (unpaired) electrons. The first-order valence-corrected chi connectivity index (χ1v) is 13.1. The number of nitrogens with zero attached hydrogens (tertiary/aromatic N) is 3. The summed E-state index contributed by atoms with van der Waals surface area (Å²) in [5.41, 5.74) is 5.70. The Morgan fingerprint density at radius 1 is 1.06 bits per heavy atom. The van der Waals surface area contributed by atoms with E-state index in [0.29, 0.717) is 0 Å². The molecule has 8 heteroatoms. The molecule has 5 nitrogen and oxygen atoms in total. The smallest absolute Gasteiger partial charge is 0.234 e. The Bertz CT molecular complexity index is 1050. The van der Waals surface area contributed by atoms with Crippen LogP contribution in [0.1, 0.15) is 35.0 Å². The summed E-state index contributed by atoms with van der Waals surface area (Å²) in [5.74, 6) is 2.90. The van der Waals surface area contributed by atoms with Crippen LogP contribution in [-0.2, 0) is 22.8 Å². The zero-order valence-electron chi connectivity index (χ0n) is 18.2. The fourth-order valence-electron chi connectivity index (χ4n) is 2.99. The highest BCUT2D eigenvalue weighted by atomic mass is 79.9. The van der Waals surface area contributed by atoms with Gasteiger partial charge >= 0.3 is 0 Å². The lowest BCUT2D eigenvalue weighted by molar-refractivity contribution is -0.113. The third-order valence-electron chi connectivity index (χ3n) is 4.92. The highest BCUT2D eigenvalue weighted by Crippen LogP contribution is 2.27. The van der Waals surface area contributed by atoms with E-state index in [1.165, 1.54) is 28.5 Å². The monoisotopic (exact) mass is 518 g/mol. The van der Waals surface area contributed by atoms with Crippen LogP contribution in [0.2, 0.25) is 0 Å². The van der Waals surface area contributed by atoms with Crippen LogP contribution in [0, 0.1) is 20.8 Å². The van der Waals surface area contributed by atoms with E-state index in [0.717, 1.165) is 44.8 Å². The van der Waals surface area contributed by atoms with Crippen molar-refractivity contribution < 1.29 is 4.79 Å². The Balaban J connectivity index is 1.54. The van der Waals surface area contributed by atoms with Crippen molar-refractivity contribution in [2.75, 3.05) is 11.1 Å². The molecule has 0 unspecified atom stereocenters. The fourth-order valence-corrected chi connectivity index (χ4v) is 5.29. The number of amides is 1. The lowest BCUT2D eigenvalue weighted by atomic mass is 10.1. The summed E-state index contributed by atoms with van der Waals surface area (Å²) < 4.78 is 2.98. The number of thioether (sulfide) groups is 2. The predicted molar refractivity (Wildman–Crippen MR) is 135 cm³/mol. The maximum atomic E-state index is 12.5. The summed E-state index contributed by atoms with van der Waals surface area (Å²) in [5, 5.41) is 12.4. The molecule has 0 fully saturated rings. The molecule has 0 saturated carbocycles. The van der Waals surface area contributed by atoms with Crippen LogP contribution in [0.15, 0.2) is 46.0 Å². The zero-order chi connectivity index (χ0) is 22.4. The lowest BCUT2D eigenvalue weighted by Gasteiger charge is -2.11. The first-order valence-electron chi connectivity index (χ1n) is 10.1. The van der Waals surface area contributed by atoms with Gasteiger partial charge in [0.05, 0.1) is 17.2 Å². The van der Waals surface area contributed by atoms with Gasteiger partial charge in [-0.15, -0.1) is 22.0 Å². The van der Waals surface area contributed by atoms with Crippen molar-refractivity contribution in [2.45, 2.75) is 50.9 Å². The maximum Gasteiger partial charge on any atom is 0.234 e. The van der Waals surface area contributed by atoms with Gasteiger partial charge in [0.2, 0.25) is 5.91 Å². The van der Waals surface area contributed by atoms with Gasteiger partial charge in [-0.1, -0.05) is 41.6 Å². The van der Waals surface area contributed by atoms with Gasteiger partial charge in [0.15, 0.2) is 5.16 Å². The molecule has 3 rings (SSSR count). The number of halogens is 1. The quantitative estimate of drug-likeness (QED) is 0.344. The van der Waals surface area contributed by atoms with Gasteiger partial charge in [-0.25, -0.2) is 0 Å². The van der Waals surface area contributed by atoms with E-state index in [1.807, 2.05) is 30.8 Å². The minimum absolute atomic E-state index is 0.0603. The minimum atomic E-state index is -0.0603. The van der Waals surface area contributed by atoms with Crippen LogP contribution in [0.25, 0.3) is 0 Å². The van der Waals surface area contributed by atoms with E-state index in [4.69, 9.17) is 0 Å². The van der Waals surface area contributed by atoms with Crippen molar-refractivity contribution in [2.24, 2.45) is 0 Å². The van der Waals surface area contributed by atoms with Gasteiger partial charge in [-0.3, -0.25) is 4.79 Å². The Labute approximate surface area is 200 Å². The van der Waals surface area contributed by atoms with E-state index in [-0.39, 0.29) is 11.7 Å². The van der Waals surface area contributed by atoms with Crippen LogP contribution >= 0.6 is 39.5 Å². The van der Waals surface area contributed by atoms with Gasteiger partial charge in [0.1, 0.15) is 5.82 Å². The van der Waals surface area contributed by atoms with Gasteiger partial charge in [-0.2, -0.15) is 0 Å². The highest BCUT2D eigenvalue weighted by Gasteiger charge is 2.14. The molecule has 3 aromatic rings. The molecule has 0 aliphatic carbocycles. The van der Waals surface area contributed by atoms with Crippen molar-refractivity contribution in [1.82, 2.24) is 14.8 Å². The van der Waals surface area contributed by atoms with E-state index >= 15 is 0 Å². The van der Waals surface area contributed by atoms with E-state index in [1.54, 1.807) is 0 Å². The standard InChI is InChI=1S/C23H27BrN4OS2/c1-5-28-21(13-30-12-18-8-6-15(2)7-9-18)26-27-23(28)31-14-22(29)25-20-11-17(4)16(3)10-19(20)24/h6-11H,5,12-14H2,1-4H3,(H,25,29). The molecule has 1 heterocycles. The summed E-state index contributed by atoms with van der Waals surface area (Å²) >= 11 is 6.76. The molecular weight excluding hydrogens is 492 g/mol. The average molecular weight is 520 g/mol. The summed E-state index contributed by atoms with van der Waals surface area (Å²) in [4.78, 5) is 12.5. The van der Waals surface area contributed by atoms with E-state index in [9.17, 15) is 4.79 Å². The zero-order valence-corrected chi connectivity index (χ0v) is 21.5. The van der Waals surface area contributed by atoms with Crippen LogP contribution < -0.4 is 5.32 Å². The lowest BCUT2D eigenvalue weighted by Crippen LogP contribution is -2.15. The molecular formula is C23H27BrN4OS2. The van der Waals surface area contributed by atoms with Gasteiger partial charge in [-0.05, 0) is 72.4 Å². The molecule has 1 amide bonds. The number of aromatic nitrogens is 3. The molecule has 1 aromatic heterocycles. The average Bonchev–Trinajstić information content (AvgIpc) is 3.13. The normalized spacial score (nSPS) is 11.0. The van der Waals surface area contributed by atoms with Crippen LogP contribution in [0.4, 0.5) is 5.69 Å². The molecule has 2 aromatic carbocycles. The SMILES string of the molecule is CCn1c(CSCc2ccc(C)cc2)nnc1SCC(=O)Nc1cc(C)c(C)cc1Br. The topological polar surface area (TPSA) is 59.8 Å². The van der Waals surface area contributed by atoms with E-state index in [2.05, 4.69) is 81.0 Å². The Morgan fingerprint density at radius 2 is 1.77 bits per heavy atom. The number of carbonyl (C=O) groups excluding carboxylic acids is 1. The third kappa shape index (κ3) is 6.60. The number of aryl methyl sites for hydroxylation is 3. The molecule has 31 heavy (non-hydrogen) atoms. The van der Waals surface area contributed by atoms with Crippen molar-refractivity contribution in [3.05, 3.63) is 68.9 Å². The molecule has 0 bridgehead atoms. The first-order chi connectivity index (χ1) is 14.9. The largest absolute Gasteiger partial charge is 0.324 e. The van der Waals surface area contributed by atoms with Gasteiger partial charge < -0.3 is 9.88 Å². The second kappa shape index (κ2) is 11.2. The Hall–Kier alpha value is -1.77. The summed E-state index contributed by atoms with van der Waals surface area (Å²) in [6.07, 6.45) is 0. The van der Waals surface area contributed by atoms with Crippen molar-refractivity contribution in [1.29, 1.82) is 0 Å². The molecule has 0 atom stereocenters. The number of anilines is 1. The Morgan fingerprint density at radius 3 is 2.48 bits per heavy atom. The summed E-state index contributed by atoms with van der Waals surface area (Å²) in [6, 6.07) is 12.6. The van der Waals surface area contributed by atoms with Crippen LogP contribution in [-0.4, -0.2) is 26.4 Å². The van der Waals surface area contributed by atoms with Gasteiger partial charge in [0, 0.05) is 16.8 Å². The van der Waals surface area contributed by atoms with E-state index < -0.39 is 0 Å². The summed E-state index contributed by atoms with van der Waals surface area (Å²) in [7, 11) is 0. The maximum absolute atomic E-state index is 12.5. The second-order valence-corrected chi connectivity index (χ2v) is 10.2. The van der Waals surface area contributed by atoms with Crippen LogP contribution in [0.5, 0.6) is 0 Å². The molecule has 164 valence electrons. The molecule has 1 N–H and O–H groups in total. The van der Waals surface area contributed by atoms with Crippen LogP contribution in [0.3, 0.4) is 0 Å². The third-order valence-corrected chi connectivity index (χ3v) is 7.54. The molecule has 0 saturated heterocycles. The molecule has 0 aliphatic rings. The van der Waals surface area contributed by atoms with Crippen molar-refractivity contribution in [3.63, 3.8) is 0 Å². The van der Waals surface area contributed by atoms with Crippen molar-refractivity contribution >= 4 is 51.0 Å². The first kappa shape index (κ1) is 23.9. The van der Waals surface area contributed by atoms with Gasteiger partial charge in [0.25, 0.3) is 0 Å². The summed E-state index contributed by atoms with van der Waals surface area (Å²) in [6.45, 7) is 9.04. The minimum Gasteiger partial charge on any atom is -0.324 e. The highest BCUT2D eigenvalue weighted by molar-refractivity contribution is 9.10. The second-order valence-electron chi connectivity index (χ2n) is 7.37. The number of carbonyl (C=O) groups is 1. The molecule has 0 spiro atoms. The molecule has 0 aliphatic heterocycles.